The van der Waals surface area contributed by atoms with Crippen LogP contribution in [0.15, 0.2) is 24.3 Å². The van der Waals surface area contributed by atoms with Crippen LogP contribution in [0.2, 0.25) is 5.02 Å². The fraction of sp³-hybridized carbons (Fsp3) is 0.409. The van der Waals surface area contributed by atoms with E-state index in [9.17, 15) is 14.0 Å². The summed E-state index contributed by atoms with van der Waals surface area (Å²) in [4.78, 5) is 32.1. The minimum absolute atomic E-state index is 0.114. The van der Waals surface area contributed by atoms with Gasteiger partial charge in [-0.25, -0.2) is 14.2 Å². The summed E-state index contributed by atoms with van der Waals surface area (Å²) in [5.74, 6) is -3.35. The molecule has 1 aromatic heterocycles. The minimum Gasteiger partial charge on any atom is -0.487 e. The number of rotatable bonds is 1. The van der Waals surface area contributed by atoms with Crippen LogP contribution in [0.25, 0.3) is 11.3 Å². The second-order valence-corrected chi connectivity index (χ2v) is 9.05. The van der Waals surface area contributed by atoms with Crippen molar-refractivity contribution in [2.24, 2.45) is 0 Å². The minimum atomic E-state index is -1.14. The third-order valence-electron chi connectivity index (χ3n) is 5.21. The van der Waals surface area contributed by atoms with Crippen LogP contribution in [0.3, 0.4) is 0 Å². The molecule has 2 aliphatic rings. The van der Waals surface area contributed by atoms with Crippen LogP contribution in [0.5, 0.6) is 5.75 Å². The van der Waals surface area contributed by atoms with Crippen molar-refractivity contribution in [1.29, 1.82) is 0 Å². The van der Waals surface area contributed by atoms with E-state index >= 15 is 4.39 Å². The third-order valence-corrected chi connectivity index (χ3v) is 5.54. The van der Waals surface area contributed by atoms with Gasteiger partial charge in [0, 0.05) is 25.2 Å². The summed E-state index contributed by atoms with van der Waals surface area (Å²) in [6.07, 6.45) is -0.522. The number of hydrogen-bond acceptors (Lipinski definition) is 5. The average molecular weight is 466 g/mol. The highest BCUT2D eigenvalue weighted by Crippen LogP contribution is 2.37. The zero-order valence-corrected chi connectivity index (χ0v) is 18.6. The molecule has 2 aliphatic heterocycles. The highest BCUT2D eigenvalue weighted by Gasteiger charge is 2.41. The summed E-state index contributed by atoms with van der Waals surface area (Å²) in [5.41, 5.74) is -1.39. The molecular formula is C22H22ClF2N3O4. The van der Waals surface area contributed by atoms with Gasteiger partial charge in [0.2, 0.25) is 5.95 Å². The maximum atomic E-state index is 15.4. The number of piperazine rings is 1. The maximum absolute atomic E-state index is 15.4. The number of nitrogens with zero attached hydrogens (tertiary/aromatic N) is 3. The molecule has 1 saturated heterocycles. The van der Waals surface area contributed by atoms with Crippen molar-refractivity contribution in [3.8, 4) is 17.0 Å². The number of fused-ring (bicyclic) bond motifs is 2. The topological polar surface area (TPSA) is 72.0 Å². The fourth-order valence-corrected chi connectivity index (χ4v) is 3.97. The van der Waals surface area contributed by atoms with E-state index in [1.54, 1.807) is 32.9 Å². The van der Waals surface area contributed by atoms with Crippen molar-refractivity contribution in [2.75, 3.05) is 26.2 Å². The van der Waals surface area contributed by atoms with E-state index in [-0.39, 0.29) is 42.5 Å². The Labute approximate surface area is 188 Å². The molecule has 7 nitrogen and oxygen atoms in total. The summed E-state index contributed by atoms with van der Waals surface area (Å²) in [5, 5.41) is 0.184. The summed E-state index contributed by atoms with van der Waals surface area (Å²) in [6, 6.07) is 5.69. The lowest BCUT2D eigenvalue weighted by Crippen LogP contribution is -2.58. The number of amides is 2. The summed E-state index contributed by atoms with van der Waals surface area (Å²) in [7, 11) is 0. The molecule has 1 atom stereocenters. The molecule has 0 radical (unpaired) electrons. The summed E-state index contributed by atoms with van der Waals surface area (Å²) < 4.78 is 41.3. The molecular weight excluding hydrogens is 444 g/mol. The van der Waals surface area contributed by atoms with Gasteiger partial charge in [0.05, 0.1) is 11.1 Å². The number of aromatic nitrogens is 1. The molecule has 0 unspecified atom stereocenters. The number of carbonyl (C=O) groups excluding carboxylic acids is 2. The molecule has 0 spiro atoms. The number of benzene rings is 1. The molecule has 1 aromatic carbocycles. The van der Waals surface area contributed by atoms with Crippen LogP contribution in [-0.2, 0) is 4.74 Å². The van der Waals surface area contributed by atoms with E-state index in [1.165, 1.54) is 21.9 Å². The quantitative estimate of drug-likeness (QED) is 0.592. The largest absolute Gasteiger partial charge is 0.487 e. The van der Waals surface area contributed by atoms with Crippen LogP contribution in [0.4, 0.5) is 13.6 Å². The molecule has 10 heteroatoms. The smallest absolute Gasteiger partial charge is 0.410 e. The Kier molecular flexibility index (Phi) is 5.70. The van der Waals surface area contributed by atoms with Crippen LogP contribution in [0.1, 0.15) is 31.1 Å². The molecule has 2 aromatic rings. The van der Waals surface area contributed by atoms with Crippen molar-refractivity contribution in [1.82, 2.24) is 14.8 Å². The monoisotopic (exact) mass is 465 g/mol. The first-order chi connectivity index (χ1) is 15.1. The lowest BCUT2D eigenvalue weighted by Gasteiger charge is -2.40. The first-order valence-corrected chi connectivity index (χ1v) is 10.5. The van der Waals surface area contributed by atoms with Gasteiger partial charge < -0.3 is 19.3 Å². The van der Waals surface area contributed by atoms with Crippen molar-refractivity contribution < 1.29 is 27.8 Å². The zero-order valence-electron chi connectivity index (χ0n) is 17.8. The lowest BCUT2D eigenvalue weighted by atomic mass is 10.1. The van der Waals surface area contributed by atoms with Gasteiger partial charge in [0.25, 0.3) is 5.91 Å². The van der Waals surface area contributed by atoms with Crippen LogP contribution < -0.4 is 4.74 Å². The van der Waals surface area contributed by atoms with E-state index < -0.39 is 46.7 Å². The van der Waals surface area contributed by atoms with E-state index in [4.69, 9.17) is 21.1 Å². The highest BCUT2D eigenvalue weighted by molar-refractivity contribution is 6.33. The normalized spacial score (nSPS) is 18.4. The number of ether oxygens (including phenoxy) is 2. The molecule has 1 fully saturated rings. The third kappa shape index (κ3) is 4.09. The molecule has 0 bridgehead atoms. The second kappa shape index (κ2) is 8.20. The van der Waals surface area contributed by atoms with Crippen LogP contribution in [0, 0.1) is 11.8 Å². The van der Waals surface area contributed by atoms with E-state index in [1.807, 2.05) is 0 Å². The maximum Gasteiger partial charge on any atom is 0.410 e. The molecule has 3 heterocycles. The van der Waals surface area contributed by atoms with Crippen LogP contribution >= 0.6 is 11.6 Å². The Morgan fingerprint density at radius 2 is 1.97 bits per heavy atom. The Balaban J connectivity index is 1.65. The summed E-state index contributed by atoms with van der Waals surface area (Å²) >= 11 is 6.12. The number of halogens is 3. The molecule has 0 aliphatic carbocycles. The van der Waals surface area contributed by atoms with Crippen molar-refractivity contribution >= 4 is 23.6 Å². The SMILES string of the molecule is CC(C)(C)OC(=O)N1CCN2C(=O)c3c(F)nc(-c4ccccc4Cl)c(F)c3OC[C@H]2C1. The Morgan fingerprint density at radius 1 is 1.25 bits per heavy atom. The fourth-order valence-electron chi connectivity index (χ4n) is 3.75. The standard InChI is InChI=1S/C22H22ClF2N3O4/c1-22(2,3)32-21(30)27-8-9-28-12(10-27)11-31-18-15(20(28)29)19(25)26-17(16(18)24)13-6-4-5-7-14(13)23/h4-7,12H,8-11H2,1-3H3/t12-/m1/s1. The van der Waals surface area contributed by atoms with Gasteiger partial charge >= 0.3 is 6.09 Å². The predicted molar refractivity (Wildman–Crippen MR) is 113 cm³/mol. The Morgan fingerprint density at radius 3 is 2.66 bits per heavy atom. The van der Waals surface area contributed by atoms with Gasteiger partial charge in [-0.1, -0.05) is 29.8 Å². The Hall–Kier alpha value is -2.94. The molecule has 4 rings (SSSR count). The van der Waals surface area contributed by atoms with E-state index in [0.29, 0.717) is 0 Å². The number of hydrogen-bond donors (Lipinski definition) is 0. The Bertz CT molecular complexity index is 1090. The molecule has 0 saturated carbocycles. The molecule has 0 N–H and O–H groups in total. The van der Waals surface area contributed by atoms with Gasteiger partial charge in [-0.15, -0.1) is 0 Å². The zero-order chi connectivity index (χ0) is 23.2. The highest BCUT2D eigenvalue weighted by atomic mass is 35.5. The predicted octanol–water partition coefficient (Wildman–Crippen LogP) is 4.13. The van der Waals surface area contributed by atoms with Crippen molar-refractivity contribution in [3.63, 3.8) is 0 Å². The van der Waals surface area contributed by atoms with Crippen molar-refractivity contribution in [3.05, 3.63) is 46.6 Å². The number of pyridine rings is 1. The average Bonchev–Trinajstić information content (AvgIpc) is 2.87. The van der Waals surface area contributed by atoms with Crippen molar-refractivity contribution in [2.45, 2.75) is 32.4 Å². The van der Waals surface area contributed by atoms with Crippen LogP contribution in [-0.4, -0.2) is 64.7 Å². The molecule has 32 heavy (non-hydrogen) atoms. The second-order valence-electron chi connectivity index (χ2n) is 8.64. The number of carbonyl (C=O) groups is 2. The lowest BCUT2D eigenvalue weighted by molar-refractivity contribution is 0.000809. The van der Waals surface area contributed by atoms with Gasteiger partial charge in [0.1, 0.15) is 23.5 Å². The summed E-state index contributed by atoms with van der Waals surface area (Å²) in [6.45, 7) is 5.57. The van der Waals surface area contributed by atoms with Gasteiger partial charge in [0.15, 0.2) is 11.6 Å². The van der Waals surface area contributed by atoms with Gasteiger partial charge in [-0.3, -0.25) is 4.79 Å². The molecule has 2 amide bonds. The van der Waals surface area contributed by atoms with Gasteiger partial charge in [-0.2, -0.15) is 4.39 Å². The van der Waals surface area contributed by atoms with Gasteiger partial charge in [-0.05, 0) is 26.8 Å². The first-order valence-electron chi connectivity index (χ1n) is 10.1. The first kappa shape index (κ1) is 22.3. The van der Waals surface area contributed by atoms with E-state index in [0.717, 1.165) is 0 Å². The van der Waals surface area contributed by atoms with E-state index in [2.05, 4.69) is 4.98 Å². The molecule has 170 valence electrons.